The van der Waals surface area contributed by atoms with Gasteiger partial charge in [-0.15, -0.1) is 0 Å². The van der Waals surface area contributed by atoms with Gasteiger partial charge >= 0.3 is 5.97 Å². The molecule has 0 fully saturated rings. The van der Waals surface area contributed by atoms with Crippen LogP contribution in [0.4, 0.5) is 0 Å². The molecular formula is C16H18Cl2N2O3. The second kappa shape index (κ2) is 7.23. The Kier molecular flexibility index (Phi) is 5.55. The number of aromatic amines is 1. The summed E-state index contributed by atoms with van der Waals surface area (Å²) in [5.41, 5.74) is 0.902. The number of aromatic nitrogens is 1. The first-order chi connectivity index (χ1) is 10.8. The standard InChI is InChI=1S/C16H18Cl2N2O3/c1-8(2)5-9(16(22)23)7-19-15(21)14-13(18)11-6-10(17)3-4-12(11)20-14/h3-4,6,8-9,20H,5,7H2,1-2H3,(H,19,21)(H,22,23). The number of carboxylic acids is 1. The first-order valence-electron chi connectivity index (χ1n) is 7.27. The Morgan fingerprint density at radius 1 is 1.30 bits per heavy atom. The van der Waals surface area contributed by atoms with Crippen LogP contribution in [-0.2, 0) is 4.79 Å². The van der Waals surface area contributed by atoms with Crippen LogP contribution < -0.4 is 5.32 Å². The van der Waals surface area contributed by atoms with E-state index in [9.17, 15) is 14.7 Å². The minimum atomic E-state index is -0.923. The number of benzene rings is 1. The maximum atomic E-state index is 12.3. The molecule has 124 valence electrons. The third-order valence-electron chi connectivity index (χ3n) is 3.54. The van der Waals surface area contributed by atoms with Gasteiger partial charge in [-0.1, -0.05) is 37.0 Å². The van der Waals surface area contributed by atoms with E-state index in [1.807, 2.05) is 13.8 Å². The van der Waals surface area contributed by atoms with Gasteiger partial charge in [0.05, 0.1) is 10.9 Å². The summed E-state index contributed by atoms with van der Waals surface area (Å²) >= 11 is 12.1. The van der Waals surface area contributed by atoms with Crippen molar-refractivity contribution in [2.75, 3.05) is 6.54 Å². The Morgan fingerprint density at radius 2 is 2.00 bits per heavy atom. The highest BCUT2D eigenvalue weighted by atomic mass is 35.5. The van der Waals surface area contributed by atoms with Gasteiger partial charge in [0.15, 0.2) is 0 Å². The quantitative estimate of drug-likeness (QED) is 0.732. The van der Waals surface area contributed by atoms with Gasteiger partial charge in [-0.25, -0.2) is 0 Å². The molecule has 1 atom stereocenters. The highest BCUT2D eigenvalue weighted by molar-refractivity contribution is 6.39. The number of hydrogen-bond donors (Lipinski definition) is 3. The number of H-pyrrole nitrogens is 1. The number of aliphatic carboxylic acids is 1. The van der Waals surface area contributed by atoms with Crippen LogP contribution in [0.5, 0.6) is 0 Å². The number of fused-ring (bicyclic) bond motifs is 1. The van der Waals surface area contributed by atoms with Gasteiger partial charge in [-0.05, 0) is 30.5 Å². The van der Waals surface area contributed by atoms with Crippen LogP contribution >= 0.6 is 23.2 Å². The van der Waals surface area contributed by atoms with Crippen LogP contribution in [0.2, 0.25) is 10.0 Å². The van der Waals surface area contributed by atoms with Gasteiger partial charge < -0.3 is 15.4 Å². The Labute approximate surface area is 144 Å². The van der Waals surface area contributed by atoms with Crippen molar-refractivity contribution in [2.24, 2.45) is 11.8 Å². The van der Waals surface area contributed by atoms with E-state index in [4.69, 9.17) is 23.2 Å². The lowest BCUT2D eigenvalue weighted by Gasteiger charge is -2.15. The fourth-order valence-corrected chi connectivity index (χ4v) is 2.89. The molecule has 1 heterocycles. The molecular weight excluding hydrogens is 339 g/mol. The number of carbonyl (C=O) groups excluding carboxylic acids is 1. The van der Waals surface area contributed by atoms with Crippen molar-refractivity contribution >= 4 is 46.0 Å². The summed E-state index contributed by atoms with van der Waals surface area (Å²) in [6.07, 6.45) is 0.492. The SMILES string of the molecule is CC(C)CC(CNC(=O)c1[nH]c2ccc(Cl)cc2c1Cl)C(=O)O. The number of rotatable bonds is 6. The average Bonchev–Trinajstić information content (AvgIpc) is 2.79. The number of carbonyl (C=O) groups is 2. The summed E-state index contributed by atoms with van der Waals surface area (Å²) in [6, 6.07) is 5.10. The zero-order chi connectivity index (χ0) is 17.1. The number of carboxylic acid groups (broad SMARTS) is 1. The second-order valence-corrected chi connectivity index (χ2v) is 6.69. The second-order valence-electron chi connectivity index (χ2n) is 5.88. The lowest BCUT2D eigenvalue weighted by molar-refractivity contribution is -0.142. The highest BCUT2D eigenvalue weighted by Gasteiger charge is 2.22. The molecule has 1 aromatic carbocycles. The monoisotopic (exact) mass is 356 g/mol. The van der Waals surface area contributed by atoms with E-state index in [-0.39, 0.29) is 23.2 Å². The van der Waals surface area contributed by atoms with Gasteiger partial charge in [-0.3, -0.25) is 9.59 Å². The Morgan fingerprint density at radius 3 is 2.61 bits per heavy atom. The van der Waals surface area contributed by atoms with E-state index in [1.54, 1.807) is 18.2 Å². The molecule has 0 aliphatic heterocycles. The number of nitrogens with one attached hydrogen (secondary N) is 2. The summed E-state index contributed by atoms with van der Waals surface area (Å²) in [5, 5.41) is 13.3. The third kappa shape index (κ3) is 4.18. The molecule has 2 aromatic rings. The summed E-state index contributed by atoms with van der Waals surface area (Å²) in [4.78, 5) is 26.4. The topological polar surface area (TPSA) is 82.2 Å². The normalized spacial score (nSPS) is 12.6. The zero-order valence-corrected chi connectivity index (χ0v) is 14.3. The van der Waals surface area contributed by atoms with Crippen LogP contribution in [0.3, 0.4) is 0 Å². The number of amides is 1. The van der Waals surface area contributed by atoms with Crippen LogP contribution in [-0.4, -0.2) is 28.5 Å². The molecule has 0 radical (unpaired) electrons. The average molecular weight is 357 g/mol. The molecule has 7 heteroatoms. The molecule has 3 N–H and O–H groups in total. The minimum absolute atomic E-state index is 0.0544. The summed E-state index contributed by atoms with van der Waals surface area (Å²) in [6.45, 7) is 3.94. The van der Waals surface area contributed by atoms with Crippen LogP contribution in [0.1, 0.15) is 30.8 Å². The first-order valence-corrected chi connectivity index (χ1v) is 8.03. The number of halogens is 2. The summed E-state index contributed by atoms with van der Waals surface area (Å²) < 4.78 is 0. The Bertz CT molecular complexity index is 740. The minimum Gasteiger partial charge on any atom is -0.481 e. The third-order valence-corrected chi connectivity index (χ3v) is 4.17. The highest BCUT2D eigenvalue weighted by Crippen LogP contribution is 2.29. The van der Waals surface area contributed by atoms with Gasteiger partial charge in [0.1, 0.15) is 5.69 Å². The molecule has 2 rings (SSSR count). The molecule has 0 spiro atoms. The maximum absolute atomic E-state index is 12.3. The predicted molar refractivity (Wildman–Crippen MR) is 91.2 cm³/mol. The van der Waals surface area contributed by atoms with Gasteiger partial charge in [0.2, 0.25) is 0 Å². The first kappa shape index (κ1) is 17.6. The van der Waals surface area contributed by atoms with Crippen molar-refractivity contribution in [3.63, 3.8) is 0 Å². The molecule has 0 aliphatic carbocycles. The molecule has 1 unspecified atom stereocenters. The molecule has 0 saturated heterocycles. The van der Waals surface area contributed by atoms with E-state index in [2.05, 4.69) is 10.3 Å². The van der Waals surface area contributed by atoms with E-state index in [0.717, 1.165) is 0 Å². The Hall–Kier alpha value is -1.72. The van der Waals surface area contributed by atoms with Crippen LogP contribution in [0.15, 0.2) is 18.2 Å². The van der Waals surface area contributed by atoms with Crippen molar-refractivity contribution in [1.82, 2.24) is 10.3 Å². The lowest BCUT2D eigenvalue weighted by atomic mass is 9.97. The Balaban J connectivity index is 2.14. The predicted octanol–water partition coefficient (Wildman–Crippen LogP) is 3.95. The molecule has 23 heavy (non-hydrogen) atoms. The van der Waals surface area contributed by atoms with Gasteiger partial charge in [0, 0.05) is 22.5 Å². The largest absolute Gasteiger partial charge is 0.481 e. The van der Waals surface area contributed by atoms with Crippen molar-refractivity contribution in [3.05, 3.63) is 33.9 Å². The smallest absolute Gasteiger partial charge is 0.308 e. The number of hydrogen-bond acceptors (Lipinski definition) is 2. The molecule has 0 saturated carbocycles. The fourth-order valence-electron chi connectivity index (χ4n) is 2.43. The van der Waals surface area contributed by atoms with E-state index in [1.165, 1.54) is 0 Å². The van der Waals surface area contributed by atoms with Crippen molar-refractivity contribution in [1.29, 1.82) is 0 Å². The van der Waals surface area contributed by atoms with Crippen LogP contribution in [0.25, 0.3) is 10.9 Å². The molecule has 5 nitrogen and oxygen atoms in total. The fraction of sp³-hybridized carbons (Fsp3) is 0.375. The molecule has 1 amide bonds. The van der Waals surface area contributed by atoms with E-state index in [0.29, 0.717) is 22.3 Å². The molecule has 0 aliphatic rings. The zero-order valence-electron chi connectivity index (χ0n) is 12.8. The maximum Gasteiger partial charge on any atom is 0.308 e. The van der Waals surface area contributed by atoms with Crippen molar-refractivity contribution in [3.8, 4) is 0 Å². The van der Waals surface area contributed by atoms with Gasteiger partial charge in [0.25, 0.3) is 5.91 Å². The van der Waals surface area contributed by atoms with Crippen molar-refractivity contribution in [2.45, 2.75) is 20.3 Å². The van der Waals surface area contributed by atoms with E-state index >= 15 is 0 Å². The van der Waals surface area contributed by atoms with Crippen LogP contribution in [0, 0.1) is 11.8 Å². The molecule has 0 bridgehead atoms. The summed E-state index contributed by atoms with van der Waals surface area (Å²) in [7, 11) is 0. The lowest BCUT2D eigenvalue weighted by Crippen LogP contribution is -2.34. The molecule has 1 aromatic heterocycles. The van der Waals surface area contributed by atoms with Gasteiger partial charge in [-0.2, -0.15) is 0 Å². The van der Waals surface area contributed by atoms with Crippen molar-refractivity contribution < 1.29 is 14.7 Å². The van der Waals surface area contributed by atoms with E-state index < -0.39 is 17.8 Å². The summed E-state index contributed by atoms with van der Waals surface area (Å²) in [5.74, 6) is -1.76.